The average Bonchev–Trinajstić information content (AvgIpc) is 2.80. The second-order valence-electron chi connectivity index (χ2n) is 4.18. The monoisotopic (exact) mass is 294 g/mol. The molecule has 0 aliphatic rings. The van der Waals surface area contributed by atoms with Gasteiger partial charge in [-0.25, -0.2) is 19.9 Å². The first-order chi connectivity index (χ1) is 9.67. The Morgan fingerprint density at radius 3 is 2.85 bits per heavy atom. The molecule has 108 valence electrons. The molecule has 0 unspecified atom stereocenters. The van der Waals surface area contributed by atoms with Crippen LogP contribution in [0.5, 0.6) is 0 Å². The molecular formula is C12H18N6OS. The Hall–Kier alpha value is -1.83. The number of nitrogens with one attached hydrogen (secondary N) is 2. The van der Waals surface area contributed by atoms with Gasteiger partial charge in [0.2, 0.25) is 0 Å². The molecule has 0 amide bonds. The largest absolute Gasteiger partial charge is 0.373 e. The third kappa shape index (κ3) is 3.19. The molecule has 0 spiro atoms. The van der Waals surface area contributed by atoms with Gasteiger partial charge < -0.3 is 5.32 Å². The van der Waals surface area contributed by atoms with Crippen LogP contribution < -0.4 is 11.0 Å². The minimum Gasteiger partial charge on any atom is -0.373 e. The van der Waals surface area contributed by atoms with E-state index in [1.54, 1.807) is 4.57 Å². The van der Waals surface area contributed by atoms with Crippen LogP contribution >= 0.6 is 11.8 Å². The summed E-state index contributed by atoms with van der Waals surface area (Å²) >= 11 is 1.36. The molecule has 2 N–H and O–H groups in total. The zero-order valence-corrected chi connectivity index (χ0v) is 12.6. The van der Waals surface area contributed by atoms with Crippen LogP contribution in [0.15, 0.2) is 21.0 Å². The van der Waals surface area contributed by atoms with E-state index in [1.165, 1.54) is 11.8 Å². The van der Waals surface area contributed by atoms with Crippen LogP contribution in [0, 0.1) is 0 Å². The molecule has 0 aromatic carbocycles. The predicted molar refractivity (Wildman–Crippen MR) is 78.2 cm³/mol. The molecule has 2 rings (SSSR count). The van der Waals surface area contributed by atoms with Crippen molar-refractivity contribution in [3.8, 4) is 0 Å². The van der Waals surface area contributed by atoms with Gasteiger partial charge in [0, 0.05) is 26.1 Å². The van der Waals surface area contributed by atoms with Gasteiger partial charge in [-0.3, -0.25) is 4.57 Å². The zero-order valence-electron chi connectivity index (χ0n) is 11.8. The maximum absolute atomic E-state index is 11.7. The maximum atomic E-state index is 11.7. The van der Waals surface area contributed by atoms with E-state index in [2.05, 4.69) is 25.5 Å². The van der Waals surface area contributed by atoms with E-state index in [0.717, 1.165) is 29.5 Å². The van der Waals surface area contributed by atoms with Gasteiger partial charge in [-0.15, -0.1) is 5.10 Å². The summed E-state index contributed by atoms with van der Waals surface area (Å²) in [6.07, 6.45) is 1.63. The van der Waals surface area contributed by atoms with Crippen molar-refractivity contribution in [2.45, 2.75) is 43.4 Å². The van der Waals surface area contributed by atoms with Crippen LogP contribution in [-0.4, -0.2) is 31.8 Å². The summed E-state index contributed by atoms with van der Waals surface area (Å²) in [7, 11) is 1.82. The van der Waals surface area contributed by atoms with Crippen LogP contribution in [-0.2, 0) is 13.0 Å². The smallest absolute Gasteiger partial charge is 0.343 e. The first-order valence-corrected chi connectivity index (χ1v) is 7.38. The number of aromatic amines is 1. The molecule has 0 saturated carbocycles. The van der Waals surface area contributed by atoms with Gasteiger partial charge >= 0.3 is 5.69 Å². The number of nitrogens with zero attached hydrogens (tertiary/aromatic N) is 4. The summed E-state index contributed by atoms with van der Waals surface area (Å²) in [6.45, 7) is 4.67. The lowest BCUT2D eigenvalue weighted by atomic mass is 10.4. The highest BCUT2D eigenvalue weighted by Crippen LogP contribution is 2.25. The molecule has 0 atom stereocenters. The Labute approximate surface area is 121 Å². The molecule has 0 aliphatic heterocycles. The minimum absolute atomic E-state index is 0.187. The molecule has 0 radical (unpaired) electrons. The second kappa shape index (κ2) is 6.56. The van der Waals surface area contributed by atoms with Crippen LogP contribution in [0.4, 0.5) is 5.82 Å². The molecule has 7 nitrogen and oxygen atoms in total. The van der Waals surface area contributed by atoms with Crippen molar-refractivity contribution in [1.29, 1.82) is 0 Å². The Morgan fingerprint density at radius 2 is 2.20 bits per heavy atom. The van der Waals surface area contributed by atoms with Crippen molar-refractivity contribution >= 4 is 17.6 Å². The number of aryl methyl sites for hydroxylation is 1. The Morgan fingerprint density at radius 1 is 1.40 bits per heavy atom. The summed E-state index contributed by atoms with van der Waals surface area (Å²) < 4.78 is 1.62. The maximum Gasteiger partial charge on any atom is 0.343 e. The van der Waals surface area contributed by atoms with Crippen LogP contribution in [0.3, 0.4) is 0 Å². The lowest BCUT2D eigenvalue weighted by Crippen LogP contribution is -2.17. The number of aromatic nitrogens is 5. The average molecular weight is 294 g/mol. The van der Waals surface area contributed by atoms with Gasteiger partial charge in [0.15, 0.2) is 5.16 Å². The van der Waals surface area contributed by atoms with Crippen molar-refractivity contribution in [3.63, 3.8) is 0 Å². The highest BCUT2D eigenvalue weighted by Gasteiger charge is 2.11. The summed E-state index contributed by atoms with van der Waals surface area (Å²) in [4.78, 5) is 20.4. The van der Waals surface area contributed by atoms with Gasteiger partial charge in [0.05, 0.1) is 0 Å². The van der Waals surface area contributed by atoms with Crippen molar-refractivity contribution in [1.82, 2.24) is 24.7 Å². The number of hydrogen-bond acceptors (Lipinski definition) is 6. The van der Waals surface area contributed by atoms with E-state index < -0.39 is 0 Å². The second-order valence-corrected chi connectivity index (χ2v) is 5.16. The molecule has 0 aliphatic carbocycles. The normalized spacial score (nSPS) is 10.8. The SMILES string of the molecule is CCCn1c(Sc2cc(NC)nc(CC)n2)n[nH]c1=O. The molecule has 2 heterocycles. The molecule has 2 aromatic rings. The van der Waals surface area contributed by atoms with E-state index in [0.29, 0.717) is 11.7 Å². The van der Waals surface area contributed by atoms with Gasteiger partial charge in [-0.1, -0.05) is 13.8 Å². The minimum atomic E-state index is -0.187. The standard InChI is InChI=1S/C12H18N6OS/c1-4-6-18-11(19)16-17-12(18)20-10-7-9(13-3)14-8(5-2)15-10/h7H,4-6H2,1-3H3,(H,16,19)(H,13,14,15). The lowest BCUT2D eigenvalue weighted by Gasteiger charge is -2.06. The zero-order chi connectivity index (χ0) is 14.5. The number of hydrogen-bond donors (Lipinski definition) is 2. The molecule has 20 heavy (non-hydrogen) atoms. The summed E-state index contributed by atoms with van der Waals surface area (Å²) in [5.41, 5.74) is -0.187. The van der Waals surface area contributed by atoms with E-state index >= 15 is 0 Å². The fraction of sp³-hybridized carbons (Fsp3) is 0.500. The summed E-state index contributed by atoms with van der Waals surface area (Å²) in [6, 6.07) is 1.85. The molecular weight excluding hydrogens is 276 g/mol. The third-order valence-corrected chi connectivity index (χ3v) is 3.60. The molecule has 2 aromatic heterocycles. The van der Waals surface area contributed by atoms with Crippen molar-refractivity contribution in [3.05, 3.63) is 22.4 Å². The Kier molecular flexibility index (Phi) is 4.78. The van der Waals surface area contributed by atoms with E-state index in [9.17, 15) is 4.79 Å². The summed E-state index contributed by atoms with van der Waals surface area (Å²) in [5.74, 6) is 1.53. The number of H-pyrrole nitrogens is 1. The van der Waals surface area contributed by atoms with Gasteiger partial charge in [0.25, 0.3) is 0 Å². The highest BCUT2D eigenvalue weighted by molar-refractivity contribution is 7.99. The topological polar surface area (TPSA) is 88.5 Å². The van der Waals surface area contributed by atoms with Crippen LogP contribution in [0.2, 0.25) is 0 Å². The van der Waals surface area contributed by atoms with Crippen LogP contribution in [0.1, 0.15) is 26.1 Å². The molecule has 8 heteroatoms. The Bertz CT molecular complexity index is 613. The first kappa shape index (κ1) is 14.6. The number of rotatable bonds is 6. The van der Waals surface area contributed by atoms with E-state index in [-0.39, 0.29) is 5.69 Å². The van der Waals surface area contributed by atoms with Gasteiger partial charge in [-0.2, -0.15) is 0 Å². The van der Waals surface area contributed by atoms with Crippen molar-refractivity contribution in [2.75, 3.05) is 12.4 Å². The van der Waals surface area contributed by atoms with E-state index in [4.69, 9.17) is 0 Å². The molecule has 0 bridgehead atoms. The van der Waals surface area contributed by atoms with E-state index in [1.807, 2.05) is 27.0 Å². The predicted octanol–water partition coefficient (Wildman–Crippen LogP) is 1.53. The fourth-order valence-electron chi connectivity index (χ4n) is 1.71. The quantitative estimate of drug-likeness (QED) is 0.785. The Balaban J connectivity index is 2.32. The summed E-state index contributed by atoms with van der Waals surface area (Å²) in [5, 5.41) is 10.9. The molecule has 0 saturated heterocycles. The van der Waals surface area contributed by atoms with Crippen molar-refractivity contribution < 1.29 is 0 Å². The van der Waals surface area contributed by atoms with Crippen LogP contribution in [0.25, 0.3) is 0 Å². The first-order valence-electron chi connectivity index (χ1n) is 6.56. The number of anilines is 1. The lowest BCUT2D eigenvalue weighted by molar-refractivity contribution is 0.603. The third-order valence-electron chi connectivity index (χ3n) is 2.69. The van der Waals surface area contributed by atoms with Gasteiger partial charge in [-0.05, 0) is 18.2 Å². The molecule has 0 fully saturated rings. The highest BCUT2D eigenvalue weighted by atomic mass is 32.2. The fourth-order valence-corrected chi connectivity index (χ4v) is 2.59. The van der Waals surface area contributed by atoms with Gasteiger partial charge in [0.1, 0.15) is 16.7 Å². The van der Waals surface area contributed by atoms with Crippen molar-refractivity contribution in [2.24, 2.45) is 0 Å².